The maximum Gasteiger partial charge on any atom is 0.343 e. The van der Waals surface area contributed by atoms with Crippen molar-refractivity contribution in [1.82, 2.24) is 49.1 Å². The molecule has 0 fully saturated rings. The molecule has 5 heterocycles. The van der Waals surface area contributed by atoms with Gasteiger partial charge in [-0.3, -0.25) is 4.79 Å². The SMILES string of the molecule is CCCCc1nn(-c2cc(-n3nc(CCCC)c(N=Nc4c(C(=O)OC)c(C)nn4C)c3N)ncn2)c(N)c1N=Nc1c(C(=O)CO)c(C)nn1C. The van der Waals surface area contributed by atoms with Gasteiger partial charge >= 0.3 is 5.97 Å². The van der Waals surface area contributed by atoms with Crippen LogP contribution in [0.5, 0.6) is 0 Å². The predicted octanol–water partition coefficient (Wildman–Crippen LogP) is 4.57. The Morgan fingerprint density at radius 3 is 1.67 bits per heavy atom. The van der Waals surface area contributed by atoms with Crippen LogP contribution in [0, 0.1) is 13.8 Å². The number of rotatable bonds is 15. The molecule has 5 aromatic heterocycles. The second-order valence-electron chi connectivity index (χ2n) is 11.9. The van der Waals surface area contributed by atoms with E-state index in [9.17, 15) is 14.7 Å². The topological polar surface area (TPSA) is 262 Å². The average Bonchev–Trinajstić information content (AvgIpc) is 3.81. The van der Waals surface area contributed by atoms with E-state index >= 15 is 0 Å². The first-order valence-corrected chi connectivity index (χ1v) is 16.7. The Labute approximate surface area is 298 Å². The van der Waals surface area contributed by atoms with Crippen LogP contribution in [0.4, 0.5) is 34.6 Å². The molecule has 5 aromatic rings. The molecule has 0 saturated heterocycles. The van der Waals surface area contributed by atoms with Crippen LogP contribution >= 0.6 is 0 Å². The van der Waals surface area contributed by atoms with E-state index in [1.807, 2.05) is 0 Å². The molecule has 20 nitrogen and oxygen atoms in total. The quantitative estimate of drug-likeness (QED) is 0.0765. The van der Waals surface area contributed by atoms with Crippen molar-refractivity contribution in [3.8, 4) is 11.6 Å². The van der Waals surface area contributed by atoms with Crippen molar-refractivity contribution in [1.29, 1.82) is 0 Å². The van der Waals surface area contributed by atoms with E-state index in [-0.39, 0.29) is 34.4 Å². The summed E-state index contributed by atoms with van der Waals surface area (Å²) in [4.78, 5) is 33.8. The molecular formula is C32H42N16O4. The van der Waals surface area contributed by atoms with E-state index in [4.69, 9.17) is 26.4 Å². The smallest absolute Gasteiger partial charge is 0.343 e. The number of azo groups is 2. The molecule has 20 heteroatoms. The normalized spacial score (nSPS) is 11.8. The number of carbonyl (C=O) groups is 2. The van der Waals surface area contributed by atoms with Gasteiger partial charge in [-0.2, -0.15) is 29.8 Å². The molecule has 0 atom stereocenters. The fraction of sp³-hybridized carbons (Fsp3) is 0.438. The summed E-state index contributed by atoms with van der Waals surface area (Å²) in [5.41, 5.74) is 16.3. The van der Waals surface area contributed by atoms with Gasteiger partial charge in [0.2, 0.25) is 0 Å². The van der Waals surface area contributed by atoms with Gasteiger partial charge in [-0.15, -0.1) is 20.5 Å². The largest absolute Gasteiger partial charge is 0.465 e. The Balaban J connectivity index is 1.57. The average molecular weight is 715 g/mol. The van der Waals surface area contributed by atoms with Crippen LogP contribution < -0.4 is 11.5 Å². The summed E-state index contributed by atoms with van der Waals surface area (Å²) in [6, 6.07) is 1.62. The summed E-state index contributed by atoms with van der Waals surface area (Å²) in [6.07, 6.45) is 5.82. The number of nitrogens with two attached hydrogens (primary N) is 2. The van der Waals surface area contributed by atoms with Gasteiger partial charge in [-0.25, -0.2) is 24.1 Å². The number of methoxy groups -OCH3 is 1. The standard InChI is InChI=1S/C32H42N16O4/c1-8-10-12-19-26(37-39-30-24(21(50)15-49)17(3)41-45(30)5)28(33)47(43-19)22-14-23(36-16-35-22)48-29(34)27(20(44-48)13-11-9-2)38-40-31-25(32(51)52-7)18(4)42-46(31)6/h14,16,49H,8-13,15,33-34H2,1-7H3. The van der Waals surface area contributed by atoms with Crippen LogP contribution in [0.25, 0.3) is 11.6 Å². The van der Waals surface area contributed by atoms with Gasteiger partial charge in [-0.05, 0) is 39.5 Å². The minimum atomic E-state index is -0.696. The van der Waals surface area contributed by atoms with Gasteiger partial charge in [0.15, 0.2) is 52.1 Å². The van der Waals surface area contributed by atoms with E-state index in [0.717, 1.165) is 25.7 Å². The van der Waals surface area contributed by atoms with Gasteiger partial charge in [0, 0.05) is 20.2 Å². The second kappa shape index (κ2) is 15.8. The summed E-state index contributed by atoms with van der Waals surface area (Å²) < 4.78 is 10.6. The van der Waals surface area contributed by atoms with Gasteiger partial charge in [-0.1, -0.05) is 26.7 Å². The van der Waals surface area contributed by atoms with E-state index < -0.39 is 18.4 Å². The van der Waals surface area contributed by atoms with Gasteiger partial charge in [0.1, 0.15) is 18.5 Å². The van der Waals surface area contributed by atoms with E-state index in [1.54, 1.807) is 34.0 Å². The molecule has 0 unspecified atom stereocenters. The van der Waals surface area contributed by atoms with E-state index in [0.29, 0.717) is 58.6 Å². The molecule has 5 N–H and O–H groups in total. The molecule has 274 valence electrons. The number of unbranched alkanes of at least 4 members (excludes halogenated alkanes) is 2. The Hall–Kier alpha value is -6.18. The zero-order valence-electron chi connectivity index (χ0n) is 30.2. The third-order valence-corrected chi connectivity index (χ3v) is 8.22. The van der Waals surface area contributed by atoms with Crippen molar-refractivity contribution in [3.05, 3.63) is 46.3 Å². The molecule has 0 aliphatic rings. The molecule has 0 aliphatic heterocycles. The van der Waals surface area contributed by atoms with Crippen LogP contribution in [0.3, 0.4) is 0 Å². The third kappa shape index (κ3) is 7.18. The fourth-order valence-electron chi connectivity index (χ4n) is 5.56. The molecule has 0 aromatic carbocycles. The molecule has 0 spiro atoms. The highest BCUT2D eigenvalue weighted by molar-refractivity contribution is 6.01. The molecule has 0 radical (unpaired) electrons. The summed E-state index contributed by atoms with van der Waals surface area (Å²) in [5, 5.41) is 45.1. The van der Waals surface area contributed by atoms with E-state index in [1.165, 1.54) is 32.2 Å². The number of aromatic nitrogens is 10. The maximum atomic E-state index is 12.5. The van der Waals surface area contributed by atoms with Crippen LogP contribution in [0.2, 0.25) is 0 Å². The number of ketones is 1. The molecule has 0 amide bonds. The Kier molecular flexibility index (Phi) is 11.3. The van der Waals surface area contributed by atoms with Crippen molar-refractivity contribution >= 4 is 46.4 Å². The first-order valence-electron chi connectivity index (χ1n) is 16.7. The van der Waals surface area contributed by atoms with Crippen molar-refractivity contribution in [2.45, 2.75) is 66.2 Å². The highest BCUT2D eigenvalue weighted by Gasteiger charge is 2.25. The van der Waals surface area contributed by atoms with E-state index in [2.05, 4.69) is 54.5 Å². The fourth-order valence-corrected chi connectivity index (χ4v) is 5.56. The number of aryl methyl sites for hydroxylation is 6. The van der Waals surface area contributed by atoms with Crippen molar-refractivity contribution in [2.24, 2.45) is 34.6 Å². The van der Waals surface area contributed by atoms with Crippen LogP contribution in [0.15, 0.2) is 32.9 Å². The van der Waals surface area contributed by atoms with Gasteiger partial charge in [0.05, 0.1) is 35.4 Å². The monoisotopic (exact) mass is 714 g/mol. The number of nitrogens with zero attached hydrogens (tertiary/aromatic N) is 14. The predicted molar refractivity (Wildman–Crippen MR) is 189 cm³/mol. The number of hydrogen-bond donors (Lipinski definition) is 3. The van der Waals surface area contributed by atoms with Gasteiger partial charge in [0.25, 0.3) is 0 Å². The van der Waals surface area contributed by atoms with Crippen LogP contribution in [0.1, 0.15) is 83.0 Å². The van der Waals surface area contributed by atoms with Crippen LogP contribution in [-0.2, 0) is 31.7 Å². The zero-order valence-corrected chi connectivity index (χ0v) is 30.2. The highest BCUT2D eigenvalue weighted by atomic mass is 16.5. The lowest BCUT2D eigenvalue weighted by Gasteiger charge is -2.06. The number of nitrogen functional groups attached to an aromatic ring is 2. The Morgan fingerprint density at radius 1 is 0.769 bits per heavy atom. The highest BCUT2D eigenvalue weighted by Crippen LogP contribution is 2.35. The van der Waals surface area contributed by atoms with Crippen molar-refractivity contribution in [2.75, 3.05) is 25.2 Å². The summed E-state index contributed by atoms with van der Waals surface area (Å²) in [5.74, 6) is 0.179. The zero-order chi connectivity index (χ0) is 37.7. The minimum Gasteiger partial charge on any atom is -0.465 e. The molecule has 0 saturated carbocycles. The first kappa shape index (κ1) is 37.1. The Morgan fingerprint density at radius 2 is 1.23 bits per heavy atom. The Bertz CT molecular complexity index is 2020. The maximum absolute atomic E-state index is 12.5. The second-order valence-corrected chi connectivity index (χ2v) is 11.9. The number of anilines is 2. The summed E-state index contributed by atoms with van der Waals surface area (Å²) >= 11 is 0. The molecular weight excluding hydrogens is 672 g/mol. The summed E-state index contributed by atoms with van der Waals surface area (Å²) in [7, 11) is 4.56. The van der Waals surface area contributed by atoms with Gasteiger partial charge < -0.3 is 21.3 Å². The minimum absolute atomic E-state index is 0.146. The number of ether oxygens (including phenoxy) is 1. The number of Topliss-reactive ketones (excluding diaryl/α,β-unsaturated/α-hetero) is 1. The third-order valence-electron chi connectivity index (χ3n) is 8.22. The molecule has 5 rings (SSSR count). The first-order chi connectivity index (χ1) is 24.9. The lowest BCUT2D eigenvalue weighted by molar-refractivity contribution is 0.0600. The number of esters is 1. The molecule has 52 heavy (non-hydrogen) atoms. The number of carbonyl (C=O) groups excluding carboxylic acids is 2. The molecule has 0 bridgehead atoms. The number of hydrogen-bond acceptors (Lipinski definition) is 16. The summed E-state index contributed by atoms with van der Waals surface area (Å²) in [6.45, 7) is 6.75. The van der Waals surface area contributed by atoms with Crippen LogP contribution in [-0.4, -0.2) is 79.7 Å². The van der Waals surface area contributed by atoms with Crippen molar-refractivity contribution < 1.29 is 19.4 Å². The molecule has 0 aliphatic carbocycles. The number of aliphatic hydroxyl groups is 1. The lowest BCUT2D eigenvalue weighted by Crippen LogP contribution is -2.09. The number of aliphatic hydroxyl groups excluding tert-OH is 1. The lowest BCUT2D eigenvalue weighted by atomic mass is 10.1. The van der Waals surface area contributed by atoms with Crippen molar-refractivity contribution in [3.63, 3.8) is 0 Å².